The molecule has 10 heteroatoms. The maximum absolute atomic E-state index is 12.9. The summed E-state index contributed by atoms with van der Waals surface area (Å²) in [5.41, 5.74) is 0.127. The number of methoxy groups -OCH3 is 1. The molecule has 27 heavy (non-hydrogen) atoms. The summed E-state index contributed by atoms with van der Waals surface area (Å²) < 4.78 is 28.4. The van der Waals surface area contributed by atoms with E-state index in [0.29, 0.717) is 31.1 Å². The van der Waals surface area contributed by atoms with Crippen LogP contribution in [0.25, 0.3) is 0 Å². The van der Waals surface area contributed by atoms with Crippen molar-refractivity contribution in [2.24, 2.45) is 5.14 Å². The molecular formula is C17H19N3O5S2. The average molecular weight is 409 g/mol. The molecule has 0 bridgehead atoms. The number of hydrogen-bond acceptors (Lipinski definition) is 6. The third-order valence-electron chi connectivity index (χ3n) is 4.32. The lowest BCUT2D eigenvalue weighted by Crippen LogP contribution is -2.50. The Morgan fingerprint density at radius 1 is 1.07 bits per heavy atom. The van der Waals surface area contributed by atoms with Gasteiger partial charge < -0.3 is 14.5 Å². The van der Waals surface area contributed by atoms with Gasteiger partial charge in [-0.3, -0.25) is 9.59 Å². The van der Waals surface area contributed by atoms with E-state index in [1.165, 1.54) is 36.6 Å². The molecule has 2 aromatic rings. The Morgan fingerprint density at radius 3 is 2.22 bits per heavy atom. The summed E-state index contributed by atoms with van der Waals surface area (Å²) in [6.07, 6.45) is 0. The molecule has 1 aromatic carbocycles. The molecule has 1 aliphatic rings. The van der Waals surface area contributed by atoms with E-state index in [4.69, 9.17) is 9.88 Å². The van der Waals surface area contributed by atoms with Gasteiger partial charge in [0, 0.05) is 26.2 Å². The summed E-state index contributed by atoms with van der Waals surface area (Å²) in [6, 6.07) is 7.52. The van der Waals surface area contributed by atoms with Gasteiger partial charge in [-0.15, -0.1) is 11.3 Å². The number of piperazine rings is 1. The average Bonchev–Trinajstić information content (AvgIpc) is 3.20. The van der Waals surface area contributed by atoms with E-state index < -0.39 is 10.0 Å². The molecule has 0 saturated carbocycles. The smallest absolute Gasteiger partial charge is 0.264 e. The summed E-state index contributed by atoms with van der Waals surface area (Å²) in [6.45, 7) is 1.50. The minimum absolute atomic E-state index is 0.0501. The zero-order chi connectivity index (χ0) is 19.6. The number of rotatable bonds is 4. The van der Waals surface area contributed by atoms with Crippen LogP contribution in [0.1, 0.15) is 20.0 Å². The number of carbonyl (C=O) groups excluding carboxylic acids is 2. The molecule has 8 nitrogen and oxygen atoms in total. The van der Waals surface area contributed by atoms with E-state index in [1.54, 1.807) is 15.9 Å². The first-order valence-electron chi connectivity index (χ1n) is 8.14. The predicted octanol–water partition coefficient (Wildman–Crippen LogP) is 1.00. The molecule has 2 amide bonds. The molecule has 2 heterocycles. The van der Waals surface area contributed by atoms with E-state index >= 15 is 0 Å². The van der Waals surface area contributed by atoms with Crippen LogP contribution >= 0.6 is 11.3 Å². The molecule has 144 valence electrons. The van der Waals surface area contributed by atoms with Crippen LogP contribution < -0.4 is 9.88 Å². The van der Waals surface area contributed by atoms with Crippen molar-refractivity contribution in [3.05, 3.63) is 46.2 Å². The van der Waals surface area contributed by atoms with Gasteiger partial charge in [0.25, 0.3) is 11.8 Å². The summed E-state index contributed by atoms with van der Waals surface area (Å²) >= 11 is 1.38. The Bertz CT molecular complexity index is 949. The molecule has 0 radical (unpaired) electrons. The Morgan fingerprint density at radius 2 is 1.70 bits per heavy atom. The first-order chi connectivity index (χ1) is 12.8. The fourth-order valence-electron chi connectivity index (χ4n) is 2.87. The minimum Gasteiger partial charge on any atom is -0.496 e. The summed E-state index contributed by atoms with van der Waals surface area (Å²) in [7, 11) is -2.53. The third kappa shape index (κ3) is 4.12. The molecule has 1 saturated heterocycles. The first-order valence-corrected chi connectivity index (χ1v) is 10.6. The molecule has 3 rings (SSSR count). The van der Waals surface area contributed by atoms with Crippen molar-refractivity contribution in [2.75, 3.05) is 33.3 Å². The maximum Gasteiger partial charge on any atom is 0.264 e. The van der Waals surface area contributed by atoms with Gasteiger partial charge in [0.15, 0.2) is 0 Å². The highest BCUT2D eigenvalue weighted by atomic mass is 32.2. The zero-order valence-corrected chi connectivity index (χ0v) is 16.3. The molecule has 0 spiro atoms. The number of ether oxygens (including phenoxy) is 1. The Kier molecular flexibility index (Phi) is 5.49. The van der Waals surface area contributed by atoms with Crippen LogP contribution in [0, 0.1) is 0 Å². The molecular weight excluding hydrogens is 390 g/mol. The number of primary sulfonamides is 1. The topological polar surface area (TPSA) is 110 Å². The largest absolute Gasteiger partial charge is 0.496 e. The summed E-state index contributed by atoms with van der Waals surface area (Å²) in [4.78, 5) is 29.1. The standard InChI is InChI=1S/C17H19N3O5S2/c1-25-14-5-4-12(27(18,23)24)11-13(14)16(21)19-6-8-20(9-7-19)17(22)15-3-2-10-26-15/h2-5,10-11H,6-9H2,1H3,(H2,18,23,24). The second kappa shape index (κ2) is 7.67. The van der Waals surface area contributed by atoms with Crippen molar-refractivity contribution in [1.82, 2.24) is 9.80 Å². The molecule has 0 aliphatic carbocycles. The molecule has 0 unspecified atom stereocenters. The van der Waals surface area contributed by atoms with Crippen molar-refractivity contribution in [3.8, 4) is 5.75 Å². The summed E-state index contributed by atoms with van der Waals surface area (Å²) in [5.74, 6) is -0.143. The SMILES string of the molecule is COc1ccc(S(N)(=O)=O)cc1C(=O)N1CCN(C(=O)c2cccs2)CC1. The van der Waals surface area contributed by atoms with Crippen molar-refractivity contribution in [1.29, 1.82) is 0 Å². The predicted molar refractivity (Wildman–Crippen MR) is 100 cm³/mol. The minimum atomic E-state index is -3.94. The van der Waals surface area contributed by atoms with Gasteiger partial charge in [-0.2, -0.15) is 0 Å². The second-order valence-electron chi connectivity index (χ2n) is 5.97. The van der Waals surface area contributed by atoms with Crippen LogP contribution in [-0.2, 0) is 10.0 Å². The van der Waals surface area contributed by atoms with Crippen molar-refractivity contribution in [3.63, 3.8) is 0 Å². The van der Waals surface area contributed by atoms with E-state index in [0.717, 1.165) is 0 Å². The van der Waals surface area contributed by atoms with E-state index in [-0.39, 0.29) is 28.0 Å². The molecule has 2 N–H and O–H groups in total. The maximum atomic E-state index is 12.9. The third-order valence-corrected chi connectivity index (χ3v) is 6.08. The highest BCUT2D eigenvalue weighted by Crippen LogP contribution is 2.24. The van der Waals surface area contributed by atoms with Crippen LogP contribution in [0.3, 0.4) is 0 Å². The summed E-state index contributed by atoms with van der Waals surface area (Å²) in [5, 5.41) is 7.00. The Labute approximate surface area is 161 Å². The lowest BCUT2D eigenvalue weighted by Gasteiger charge is -2.34. The quantitative estimate of drug-likeness (QED) is 0.810. The molecule has 1 fully saturated rings. The van der Waals surface area contributed by atoms with Gasteiger partial charge >= 0.3 is 0 Å². The number of thiophene rings is 1. The Hall–Kier alpha value is -2.43. The zero-order valence-electron chi connectivity index (χ0n) is 14.6. The second-order valence-corrected chi connectivity index (χ2v) is 8.48. The lowest BCUT2D eigenvalue weighted by atomic mass is 10.1. The lowest BCUT2D eigenvalue weighted by molar-refractivity contribution is 0.0536. The van der Waals surface area contributed by atoms with E-state index in [1.807, 2.05) is 11.4 Å². The van der Waals surface area contributed by atoms with Crippen LogP contribution in [0.15, 0.2) is 40.6 Å². The van der Waals surface area contributed by atoms with Gasteiger partial charge in [-0.05, 0) is 29.6 Å². The number of carbonyl (C=O) groups is 2. The van der Waals surface area contributed by atoms with Crippen LogP contribution in [0.5, 0.6) is 5.75 Å². The van der Waals surface area contributed by atoms with Crippen LogP contribution in [0.4, 0.5) is 0 Å². The highest BCUT2D eigenvalue weighted by Gasteiger charge is 2.28. The number of nitrogens with two attached hydrogens (primary N) is 1. The molecule has 1 aliphatic heterocycles. The number of hydrogen-bond donors (Lipinski definition) is 1. The van der Waals surface area contributed by atoms with Gasteiger partial charge in [-0.1, -0.05) is 6.07 Å². The van der Waals surface area contributed by atoms with Gasteiger partial charge in [0.1, 0.15) is 5.75 Å². The first kappa shape index (κ1) is 19.3. The normalized spacial score (nSPS) is 14.9. The molecule has 1 aromatic heterocycles. The number of benzene rings is 1. The number of sulfonamides is 1. The number of amides is 2. The van der Waals surface area contributed by atoms with Crippen LogP contribution in [0.2, 0.25) is 0 Å². The molecule has 0 atom stereocenters. The fourth-order valence-corrected chi connectivity index (χ4v) is 4.10. The monoisotopic (exact) mass is 409 g/mol. The van der Waals surface area contributed by atoms with Gasteiger partial charge in [-0.25, -0.2) is 13.6 Å². The highest BCUT2D eigenvalue weighted by molar-refractivity contribution is 7.89. The number of nitrogens with zero attached hydrogens (tertiary/aromatic N) is 2. The van der Waals surface area contributed by atoms with Crippen molar-refractivity contribution < 1.29 is 22.7 Å². The van der Waals surface area contributed by atoms with E-state index in [2.05, 4.69) is 0 Å². The van der Waals surface area contributed by atoms with Crippen molar-refractivity contribution >= 4 is 33.2 Å². The van der Waals surface area contributed by atoms with Gasteiger partial charge in [0.2, 0.25) is 10.0 Å². The van der Waals surface area contributed by atoms with Crippen molar-refractivity contribution in [2.45, 2.75) is 4.90 Å². The van der Waals surface area contributed by atoms with E-state index in [9.17, 15) is 18.0 Å². The Balaban J connectivity index is 1.75. The fraction of sp³-hybridized carbons (Fsp3) is 0.294. The van der Waals surface area contributed by atoms with Gasteiger partial charge in [0.05, 0.1) is 22.4 Å². The van der Waals surface area contributed by atoms with Crippen LogP contribution in [-0.4, -0.2) is 63.3 Å².